The van der Waals surface area contributed by atoms with E-state index in [-0.39, 0.29) is 10.8 Å². The molecule has 0 heterocycles. The third-order valence-electron chi connectivity index (χ3n) is 3.84. The molecule has 2 aliphatic carbocycles. The smallest absolute Gasteiger partial charge is 0.142 e. The van der Waals surface area contributed by atoms with E-state index >= 15 is 0 Å². The Morgan fingerprint density at radius 1 is 0.929 bits per heavy atom. The summed E-state index contributed by atoms with van der Waals surface area (Å²) in [5, 5.41) is 0. The maximum atomic E-state index is 11.8. The number of carbonyl (C=O) groups excluding carboxylic acids is 2. The van der Waals surface area contributed by atoms with Crippen molar-refractivity contribution in [1.29, 1.82) is 0 Å². The van der Waals surface area contributed by atoms with Crippen LogP contribution < -0.4 is 0 Å². The van der Waals surface area contributed by atoms with Crippen LogP contribution in [-0.4, -0.2) is 11.6 Å². The summed E-state index contributed by atoms with van der Waals surface area (Å²) in [5.74, 6) is 0.593. The Hall–Kier alpha value is -0.920. The van der Waals surface area contributed by atoms with Crippen LogP contribution >= 0.6 is 0 Å². The lowest BCUT2D eigenvalue weighted by atomic mass is 9.75. The van der Waals surface area contributed by atoms with Crippen molar-refractivity contribution in [3.8, 4) is 0 Å². The highest BCUT2D eigenvalue weighted by molar-refractivity contribution is 5.94. The van der Waals surface area contributed by atoms with E-state index in [1.54, 1.807) is 0 Å². The van der Waals surface area contributed by atoms with E-state index in [2.05, 4.69) is 0 Å². The molecule has 2 rings (SSSR count). The lowest BCUT2D eigenvalue weighted by molar-refractivity contribution is -0.131. The number of allylic oxidation sites excluding steroid dienone is 2. The van der Waals surface area contributed by atoms with Crippen LogP contribution in [0.3, 0.4) is 0 Å². The van der Waals surface area contributed by atoms with Crippen LogP contribution in [0.5, 0.6) is 0 Å². The molecule has 0 aromatic carbocycles. The average Bonchev–Trinajstić information content (AvgIpc) is 2.34. The molecule has 0 N–H and O–H groups in total. The van der Waals surface area contributed by atoms with Crippen molar-refractivity contribution in [2.75, 3.05) is 0 Å². The minimum Gasteiger partial charge on any atom is -0.299 e. The van der Waals surface area contributed by atoms with Crippen LogP contribution in [0, 0.1) is 10.8 Å². The summed E-state index contributed by atoms with van der Waals surface area (Å²) in [6.45, 7) is 3.91. The van der Waals surface area contributed by atoms with Crippen molar-refractivity contribution in [2.24, 2.45) is 10.8 Å². The molecule has 2 atom stereocenters. The molecular weight excluding hydrogens is 176 g/mol. The van der Waals surface area contributed by atoms with Gasteiger partial charge in [-0.1, -0.05) is 12.2 Å². The molecule has 14 heavy (non-hydrogen) atoms. The molecular formula is C12H16O2. The van der Waals surface area contributed by atoms with Gasteiger partial charge in [-0.25, -0.2) is 0 Å². The molecule has 2 nitrogen and oxygen atoms in total. The first kappa shape index (κ1) is 9.63. The first-order chi connectivity index (χ1) is 6.46. The number of hydrogen-bond donors (Lipinski definition) is 0. The fraction of sp³-hybridized carbons (Fsp3) is 0.667. The predicted octanol–water partition coefficient (Wildman–Crippen LogP) is 2.28. The highest BCUT2D eigenvalue weighted by Crippen LogP contribution is 2.43. The van der Waals surface area contributed by atoms with Crippen LogP contribution in [-0.2, 0) is 9.59 Å². The number of carbonyl (C=O) groups is 2. The van der Waals surface area contributed by atoms with E-state index in [0.717, 1.165) is 0 Å². The van der Waals surface area contributed by atoms with Gasteiger partial charge in [0.05, 0.1) is 0 Å². The maximum absolute atomic E-state index is 11.8. The van der Waals surface area contributed by atoms with E-state index in [1.807, 2.05) is 26.0 Å². The van der Waals surface area contributed by atoms with Gasteiger partial charge in [0.15, 0.2) is 0 Å². The standard InChI is InChI=1S/C12H16O2/c1-11-5-3-10(14)12(2,8-7-11)6-4-9(11)13/h7-8H,3-6H2,1-2H3. The molecule has 0 amide bonds. The maximum Gasteiger partial charge on any atom is 0.142 e. The van der Waals surface area contributed by atoms with Gasteiger partial charge in [-0.3, -0.25) is 9.59 Å². The SMILES string of the molecule is CC12C=CC(C)(CCC1=O)C(=O)CC2. The molecule has 0 aromatic heterocycles. The Kier molecular flexibility index (Phi) is 1.91. The van der Waals surface area contributed by atoms with Gasteiger partial charge in [0, 0.05) is 23.7 Å². The molecule has 0 radical (unpaired) electrons. The predicted molar refractivity (Wildman–Crippen MR) is 53.8 cm³/mol. The molecule has 0 aliphatic heterocycles. The summed E-state index contributed by atoms with van der Waals surface area (Å²) in [4.78, 5) is 23.7. The normalized spacial score (nSPS) is 42.4. The summed E-state index contributed by atoms with van der Waals surface area (Å²) in [6, 6.07) is 0. The molecule has 76 valence electrons. The highest BCUT2D eigenvalue weighted by atomic mass is 16.1. The molecule has 0 fully saturated rings. The summed E-state index contributed by atoms with van der Waals surface area (Å²) in [7, 11) is 0. The Labute approximate surface area is 84.4 Å². The van der Waals surface area contributed by atoms with E-state index in [9.17, 15) is 9.59 Å². The topological polar surface area (TPSA) is 34.1 Å². The van der Waals surface area contributed by atoms with Crippen molar-refractivity contribution in [3.63, 3.8) is 0 Å². The zero-order valence-electron chi connectivity index (χ0n) is 8.80. The second-order valence-electron chi connectivity index (χ2n) is 5.01. The minimum absolute atomic E-state index is 0.296. The van der Waals surface area contributed by atoms with Crippen LogP contribution in [0.15, 0.2) is 12.2 Å². The molecule has 0 spiro atoms. The molecule has 2 heteroatoms. The first-order valence-corrected chi connectivity index (χ1v) is 5.23. The van der Waals surface area contributed by atoms with Gasteiger partial charge in [-0.2, -0.15) is 0 Å². The largest absolute Gasteiger partial charge is 0.299 e. The fourth-order valence-electron chi connectivity index (χ4n) is 2.32. The zero-order chi connectivity index (χ0) is 10.4. The Morgan fingerprint density at radius 3 is 1.64 bits per heavy atom. The average molecular weight is 192 g/mol. The van der Waals surface area contributed by atoms with E-state index in [0.29, 0.717) is 37.2 Å². The Morgan fingerprint density at radius 2 is 1.29 bits per heavy atom. The quantitative estimate of drug-likeness (QED) is 0.552. The summed E-state index contributed by atoms with van der Waals surface area (Å²) >= 11 is 0. The van der Waals surface area contributed by atoms with E-state index < -0.39 is 0 Å². The van der Waals surface area contributed by atoms with Crippen molar-refractivity contribution < 1.29 is 9.59 Å². The molecule has 2 aliphatic rings. The number of fused-ring (bicyclic) bond motifs is 2. The van der Waals surface area contributed by atoms with E-state index in [1.165, 1.54) is 0 Å². The van der Waals surface area contributed by atoms with Crippen LogP contribution in [0.1, 0.15) is 39.5 Å². The van der Waals surface area contributed by atoms with Crippen molar-refractivity contribution in [3.05, 3.63) is 12.2 Å². The second-order valence-corrected chi connectivity index (χ2v) is 5.01. The number of Topliss-reactive ketones (excluding diaryl/α,β-unsaturated/α-hetero) is 2. The molecule has 0 saturated carbocycles. The van der Waals surface area contributed by atoms with Gasteiger partial charge in [0.25, 0.3) is 0 Å². The Bertz CT molecular complexity index is 297. The van der Waals surface area contributed by atoms with Crippen molar-refractivity contribution in [2.45, 2.75) is 39.5 Å². The van der Waals surface area contributed by atoms with Crippen molar-refractivity contribution in [1.82, 2.24) is 0 Å². The summed E-state index contributed by atoms with van der Waals surface area (Å²) in [5.41, 5.74) is -0.742. The highest BCUT2D eigenvalue weighted by Gasteiger charge is 2.42. The van der Waals surface area contributed by atoms with Gasteiger partial charge in [-0.05, 0) is 26.7 Å². The monoisotopic (exact) mass is 192 g/mol. The van der Waals surface area contributed by atoms with Gasteiger partial charge >= 0.3 is 0 Å². The molecule has 0 aromatic rings. The molecule has 2 unspecified atom stereocenters. The second kappa shape index (κ2) is 2.78. The van der Waals surface area contributed by atoms with Crippen LogP contribution in [0.2, 0.25) is 0 Å². The number of hydrogen-bond acceptors (Lipinski definition) is 2. The minimum atomic E-state index is -0.371. The van der Waals surface area contributed by atoms with Crippen molar-refractivity contribution >= 4 is 11.6 Å². The third kappa shape index (κ3) is 1.24. The van der Waals surface area contributed by atoms with Crippen LogP contribution in [0.25, 0.3) is 0 Å². The summed E-state index contributed by atoms with van der Waals surface area (Å²) < 4.78 is 0. The van der Waals surface area contributed by atoms with Gasteiger partial charge < -0.3 is 0 Å². The summed E-state index contributed by atoms with van der Waals surface area (Å²) in [6.07, 6.45) is 6.41. The zero-order valence-corrected chi connectivity index (χ0v) is 8.80. The third-order valence-corrected chi connectivity index (χ3v) is 3.84. The number of rotatable bonds is 0. The van der Waals surface area contributed by atoms with Crippen LogP contribution in [0.4, 0.5) is 0 Å². The first-order valence-electron chi connectivity index (χ1n) is 5.23. The lowest BCUT2D eigenvalue weighted by Gasteiger charge is -2.27. The van der Waals surface area contributed by atoms with Gasteiger partial charge in [0.1, 0.15) is 11.6 Å². The lowest BCUT2D eigenvalue weighted by Crippen LogP contribution is -2.31. The number of ketones is 2. The molecule has 0 saturated heterocycles. The Balaban J connectivity index is 2.46. The van der Waals surface area contributed by atoms with E-state index in [4.69, 9.17) is 0 Å². The van der Waals surface area contributed by atoms with Gasteiger partial charge in [-0.15, -0.1) is 0 Å². The van der Waals surface area contributed by atoms with Gasteiger partial charge in [0.2, 0.25) is 0 Å². The molecule has 2 bridgehead atoms. The fourth-order valence-corrected chi connectivity index (χ4v) is 2.32.